The number of hydrogen-bond acceptors (Lipinski definition) is 6. The maximum absolute atomic E-state index is 14.4. The van der Waals surface area contributed by atoms with Crippen LogP contribution in [0.25, 0.3) is 0 Å². The van der Waals surface area contributed by atoms with Crippen LogP contribution in [0.5, 0.6) is 5.75 Å². The number of aryl methyl sites for hydroxylation is 1. The van der Waals surface area contributed by atoms with Crippen molar-refractivity contribution in [2.75, 3.05) is 44.8 Å². The van der Waals surface area contributed by atoms with Gasteiger partial charge in [0.25, 0.3) is 0 Å². The van der Waals surface area contributed by atoms with Crippen molar-refractivity contribution in [1.82, 2.24) is 14.9 Å². The van der Waals surface area contributed by atoms with Crippen molar-refractivity contribution in [2.24, 2.45) is 17.8 Å². The first kappa shape index (κ1) is 24.4. The molecular formula is C26H35FN4O3. The van der Waals surface area contributed by atoms with Crippen LogP contribution in [-0.2, 0) is 11.2 Å². The van der Waals surface area contributed by atoms with Gasteiger partial charge in [-0.1, -0.05) is 6.07 Å². The lowest BCUT2D eigenvalue weighted by atomic mass is 9.90. The molecule has 0 bridgehead atoms. The third kappa shape index (κ3) is 6.23. The fourth-order valence-corrected chi connectivity index (χ4v) is 4.92. The van der Waals surface area contributed by atoms with E-state index in [1.165, 1.54) is 30.2 Å². The second kappa shape index (κ2) is 11.1. The van der Waals surface area contributed by atoms with Gasteiger partial charge in [0.2, 0.25) is 11.9 Å². The second-order valence-electron chi connectivity index (χ2n) is 9.65. The molecule has 1 aromatic carbocycles. The Morgan fingerprint density at radius 1 is 1.26 bits per heavy atom. The van der Waals surface area contributed by atoms with Crippen LogP contribution in [0.15, 0.2) is 30.6 Å². The van der Waals surface area contributed by atoms with Crippen molar-refractivity contribution in [3.05, 3.63) is 47.5 Å². The predicted molar refractivity (Wildman–Crippen MR) is 128 cm³/mol. The molecule has 1 saturated heterocycles. The third-order valence-corrected chi connectivity index (χ3v) is 7.16. The summed E-state index contributed by atoms with van der Waals surface area (Å²) in [7, 11) is 1.60. The van der Waals surface area contributed by atoms with Gasteiger partial charge < -0.3 is 19.6 Å². The fourth-order valence-electron chi connectivity index (χ4n) is 4.92. The summed E-state index contributed by atoms with van der Waals surface area (Å²) in [5, 5.41) is 8.93. The zero-order chi connectivity index (χ0) is 24.1. The Morgan fingerprint density at radius 3 is 2.68 bits per heavy atom. The van der Waals surface area contributed by atoms with Crippen molar-refractivity contribution in [3.63, 3.8) is 0 Å². The first-order chi connectivity index (χ1) is 16.4. The average Bonchev–Trinajstić information content (AvgIpc) is 3.61. The van der Waals surface area contributed by atoms with E-state index >= 15 is 0 Å². The number of amides is 1. The summed E-state index contributed by atoms with van der Waals surface area (Å²) in [6.45, 7) is 4.73. The minimum atomic E-state index is -0.433. The zero-order valence-corrected chi connectivity index (χ0v) is 20.1. The van der Waals surface area contributed by atoms with Crippen LogP contribution in [0.3, 0.4) is 0 Å². The van der Waals surface area contributed by atoms with Crippen LogP contribution in [-0.4, -0.2) is 65.8 Å². The summed E-state index contributed by atoms with van der Waals surface area (Å²) in [6, 6.07) is 4.70. The summed E-state index contributed by atoms with van der Waals surface area (Å²) < 4.78 is 20.2. The minimum Gasteiger partial charge on any atom is -0.493 e. The number of aliphatic hydroxyl groups excluding tert-OH is 1. The highest BCUT2D eigenvalue weighted by Crippen LogP contribution is 2.49. The van der Waals surface area contributed by atoms with Gasteiger partial charge in [-0.2, -0.15) is 0 Å². The lowest BCUT2D eigenvalue weighted by Gasteiger charge is -2.32. The number of hydrogen-bond donors (Lipinski definition) is 1. The molecular weight excluding hydrogens is 435 g/mol. The van der Waals surface area contributed by atoms with Gasteiger partial charge in [-0.15, -0.1) is 0 Å². The quantitative estimate of drug-likeness (QED) is 0.574. The van der Waals surface area contributed by atoms with Gasteiger partial charge in [-0.05, 0) is 67.6 Å². The smallest absolute Gasteiger partial charge is 0.226 e. The summed E-state index contributed by atoms with van der Waals surface area (Å²) in [4.78, 5) is 24.7. The maximum atomic E-state index is 14.4. The van der Waals surface area contributed by atoms with Crippen LogP contribution >= 0.6 is 0 Å². The van der Waals surface area contributed by atoms with Gasteiger partial charge in [-0.3, -0.25) is 4.79 Å². The highest BCUT2D eigenvalue weighted by atomic mass is 19.1. The largest absolute Gasteiger partial charge is 0.493 e. The van der Waals surface area contributed by atoms with Crippen LogP contribution < -0.4 is 9.64 Å². The maximum Gasteiger partial charge on any atom is 0.226 e. The highest BCUT2D eigenvalue weighted by Gasteiger charge is 2.43. The molecule has 0 radical (unpaired) electrons. The molecule has 1 aliphatic carbocycles. The molecule has 4 rings (SSSR count). The average molecular weight is 471 g/mol. The Kier molecular flexibility index (Phi) is 7.98. The lowest BCUT2D eigenvalue weighted by molar-refractivity contribution is -0.129. The molecule has 1 aromatic heterocycles. The molecule has 1 N–H and O–H groups in total. The van der Waals surface area contributed by atoms with Gasteiger partial charge in [-0.25, -0.2) is 14.4 Å². The molecule has 8 heteroatoms. The number of aromatic nitrogens is 2. The van der Waals surface area contributed by atoms with Crippen LogP contribution in [0.2, 0.25) is 0 Å². The van der Waals surface area contributed by atoms with Crippen LogP contribution in [0.4, 0.5) is 10.3 Å². The molecule has 184 valence electrons. The number of nitrogens with zero attached hydrogens (tertiary/aromatic N) is 4. The minimum absolute atomic E-state index is 0.0266. The van der Waals surface area contributed by atoms with Crippen molar-refractivity contribution in [1.29, 1.82) is 0 Å². The first-order valence-electron chi connectivity index (χ1n) is 12.2. The first-order valence-corrected chi connectivity index (χ1v) is 12.2. The Bertz CT molecular complexity index is 963. The van der Waals surface area contributed by atoms with Crippen molar-refractivity contribution in [3.8, 4) is 5.75 Å². The number of piperidine rings is 1. The Hall–Kier alpha value is -2.74. The highest BCUT2D eigenvalue weighted by molar-refractivity contribution is 5.78. The molecule has 2 fully saturated rings. The number of rotatable bonds is 10. The number of halogens is 1. The third-order valence-electron chi connectivity index (χ3n) is 7.16. The molecule has 0 unspecified atom stereocenters. The Morgan fingerprint density at radius 2 is 2.00 bits per heavy atom. The van der Waals surface area contributed by atoms with Gasteiger partial charge in [0.1, 0.15) is 11.6 Å². The number of aliphatic hydroxyl groups is 1. The molecule has 1 amide bonds. The number of ether oxygens (including phenoxy) is 1. The number of carbonyl (C=O) groups is 1. The summed E-state index contributed by atoms with van der Waals surface area (Å²) >= 11 is 0. The Labute approximate surface area is 201 Å². The lowest BCUT2D eigenvalue weighted by Crippen LogP contribution is -2.35. The van der Waals surface area contributed by atoms with E-state index in [-0.39, 0.29) is 25.5 Å². The standard InChI is InChI=1S/C26H35FN4O3/c1-18-16-28-26(29-17-18)31-8-5-19(6-9-31)23-13-20(23)7-12-34-22-4-3-21(24(27)15-22)14-25(33)30(2)10-11-32/h3-4,15-17,19-20,23,32H,5-14H2,1-2H3/t20-,23-/m1/s1. The number of carbonyl (C=O) groups excluding carboxylic acids is 1. The summed E-state index contributed by atoms with van der Waals surface area (Å²) in [6.07, 6.45) is 8.33. The van der Waals surface area contributed by atoms with E-state index in [9.17, 15) is 9.18 Å². The molecule has 34 heavy (non-hydrogen) atoms. The Balaban J connectivity index is 1.16. The van der Waals surface area contributed by atoms with Crippen LogP contribution in [0.1, 0.15) is 36.8 Å². The van der Waals surface area contributed by atoms with Crippen molar-refractivity contribution in [2.45, 2.75) is 39.0 Å². The monoisotopic (exact) mass is 470 g/mol. The van der Waals surface area contributed by atoms with Gasteiger partial charge in [0.05, 0.1) is 19.6 Å². The van der Waals surface area contributed by atoms with Crippen LogP contribution in [0, 0.1) is 30.5 Å². The number of benzene rings is 1. The molecule has 2 atom stereocenters. The summed E-state index contributed by atoms with van der Waals surface area (Å²) in [5.41, 5.74) is 1.42. The molecule has 2 aliphatic rings. The normalized spacial score (nSPS) is 20.3. The molecule has 1 aliphatic heterocycles. The molecule has 2 heterocycles. The molecule has 0 spiro atoms. The van der Waals surface area contributed by atoms with Gasteiger partial charge in [0.15, 0.2) is 0 Å². The SMILES string of the molecule is Cc1cnc(N2CCC([C@H]3C[C@H]3CCOc3ccc(CC(=O)N(C)CCO)c(F)c3)CC2)nc1. The predicted octanol–water partition coefficient (Wildman–Crippen LogP) is 3.24. The van der Waals surface area contributed by atoms with Gasteiger partial charge >= 0.3 is 0 Å². The van der Waals surface area contributed by atoms with Crippen molar-refractivity contribution >= 4 is 11.9 Å². The van der Waals surface area contributed by atoms with E-state index in [2.05, 4.69) is 14.9 Å². The summed E-state index contributed by atoms with van der Waals surface area (Å²) in [5.74, 6) is 2.90. The topological polar surface area (TPSA) is 78.8 Å². The fraction of sp³-hybridized carbons (Fsp3) is 0.577. The van der Waals surface area contributed by atoms with E-state index in [0.717, 1.165) is 42.9 Å². The zero-order valence-electron chi connectivity index (χ0n) is 20.1. The number of anilines is 1. The van der Waals surface area contributed by atoms with Gasteiger partial charge in [0, 0.05) is 45.1 Å². The molecule has 7 nitrogen and oxygen atoms in total. The van der Waals surface area contributed by atoms with E-state index in [1.54, 1.807) is 19.2 Å². The van der Waals surface area contributed by atoms with E-state index in [0.29, 0.717) is 23.8 Å². The molecule has 2 aromatic rings. The van der Waals surface area contributed by atoms with Crippen molar-refractivity contribution < 1.29 is 19.0 Å². The number of likely N-dealkylation sites (N-methyl/N-ethyl adjacent to an activating group) is 1. The second-order valence-corrected chi connectivity index (χ2v) is 9.65. The molecule has 1 saturated carbocycles. The van der Waals surface area contributed by atoms with E-state index in [4.69, 9.17) is 9.84 Å². The van der Waals surface area contributed by atoms with E-state index < -0.39 is 5.82 Å². The van der Waals surface area contributed by atoms with E-state index in [1.807, 2.05) is 19.3 Å².